The van der Waals surface area contributed by atoms with Gasteiger partial charge in [-0.05, 0) is 55.7 Å². The lowest BCUT2D eigenvalue weighted by Gasteiger charge is -2.40. The second kappa shape index (κ2) is 18.7. The van der Waals surface area contributed by atoms with Gasteiger partial charge in [0.2, 0.25) is 5.91 Å². The monoisotopic (exact) mass is 671 g/mol. The Morgan fingerprint density at radius 2 is 1.71 bits per heavy atom. The van der Waals surface area contributed by atoms with E-state index in [1.165, 1.54) is 35.8 Å². The lowest BCUT2D eigenvalue weighted by molar-refractivity contribution is -0.134. The van der Waals surface area contributed by atoms with E-state index in [-0.39, 0.29) is 49.0 Å². The lowest BCUT2D eigenvalue weighted by atomic mass is 9.74. The van der Waals surface area contributed by atoms with E-state index in [9.17, 15) is 24.2 Å². The molecule has 2 aliphatic heterocycles. The molecule has 0 radical (unpaired) electrons. The first-order valence-electron chi connectivity index (χ1n) is 17.3. The molecule has 2 aliphatic rings. The van der Waals surface area contributed by atoms with Crippen molar-refractivity contribution in [3.8, 4) is 0 Å². The summed E-state index contributed by atoms with van der Waals surface area (Å²) in [5.41, 5.74) is 0.972. The van der Waals surface area contributed by atoms with Crippen LogP contribution in [0.15, 0.2) is 54.6 Å². The van der Waals surface area contributed by atoms with Gasteiger partial charge in [0.25, 0.3) is 5.91 Å². The minimum Gasteiger partial charge on any atom is -0.388 e. The lowest BCUT2D eigenvalue weighted by Crippen LogP contribution is -2.55. The summed E-state index contributed by atoms with van der Waals surface area (Å²) >= 11 is 0. The zero-order chi connectivity index (χ0) is 34.5. The Morgan fingerprint density at radius 3 is 2.40 bits per heavy atom. The quantitative estimate of drug-likeness (QED) is 0.371. The largest absolute Gasteiger partial charge is 0.388 e. The van der Waals surface area contributed by atoms with Crippen LogP contribution >= 0.6 is 0 Å². The van der Waals surface area contributed by atoms with Crippen LogP contribution in [-0.4, -0.2) is 122 Å². The summed E-state index contributed by atoms with van der Waals surface area (Å²) in [6, 6.07) is 15.7. The first-order valence-corrected chi connectivity index (χ1v) is 17.3. The van der Waals surface area contributed by atoms with Crippen LogP contribution in [0.5, 0.6) is 0 Å². The fraction of sp³-hybridized carbons (Fsp3) is 0.622. The van der Waals surface area contributed by atoms with Crippen LogP contribution in [0.3, 0.4) is 0 Å². The van der Waals surface area contributed by atoms with Gasteiger partial charge in [0.05, 0.1) is 18.7 Å². The molecular formula is C37H54FN3O7. The molecule has 4 rings (SSSR count). The number of carbonyl (C=O) groups is 2. The summed E-state index contributed by atoms with van der Waals surface area (Å²) in [6.07, 6.45) is -0.00382. The number of hydrogen-bond acceptors (Lipinski definition) is 8. The van der Waals surface area contributed by atoms with Gasteiger partial charge in [-0.2, -0.15) is 0 Å². The number of ether oxygens (including phenoxy) is 3. The summed E-state index contributed by atoms with van der Waals surface area (Å²) in [5.74, 6) is -1.15. The van der Waals surface area contributed by atoms with E-state index in [0.29, 0.717) is 52.2 Å². The standard InChI is InChI=1S/C37H54FN3O7/c1-27(2)21-29-23-40(36(45)30-13-7-8-14-31(30)38)24-33(46-3)35(44)32(42)25-48-18-10-9-17-41(29)34(43)22-39-26-37(15-19-47-20-16-37)28-11-5-4-6-12-28/h4-8,11-14,27,29,32-33,35,39,42,44H,9-10,15-26H2,1-3H3/t29-,32-,33-,35-/m1/s1. The van der Waals surface area contributed by atoms with Gasteiger partial charge < -0.3 is 39.5 Å². The van der Waals surface area contributed by atoms with Gasteiger partial charge in [-0.15, -0.1) is 0 Å². The number of carbonyl (C=O) groups excluding carboxylic acids is 2. The maximum Gasteiger partial charge on any atom is 0.256 e. The zero-order valence-corrected chi connectivity index (χ0v) is 28.7. The number of methoxy groups -OCH3 is 1. The molecule has 266 valence electrons. The fourth-order valence-electron chi connectivity index (χ4n) is 6.86. The van der Waals surface area contributed by atoms with Crippen LogP contribution in [0.4, 0.5) is 4.39 Å². The molecule has 10 nitrogen and oxygen atoms in total. The highest BCUT2D eigenvalue weighted by molar-refractivity contribution is 5.94. The average molecular weight is 672 g/mol. The molecule has 0 spiro atoms. The first kappa shape index (κ1) is 37.9. The fourth-order valence-corrected chi connectivity index (χ4v) is 6.86. The predicted octanol–water partition coefficient (Wildman–Crippen LogP) is 3.40. The molecule has 2 amide bonds. The minimum atomic E-state index is -1.36. The maximum atomic E-state index is 15.0. The minimum absolute atomic E-state index is 0.0824. The third kappa shape index (κ3) is 10.3. The van der Waals surface area contributed by atoms with E-state index >= 15 is 0 Å². The van der Waals surface area contributed by atoms with Crippen molar-refractivity contribution in [2.24, 2.45) is 5.92 Å². The van der Waals surface area contributed by atoms with Gasteiger partial charge >= 0.3 is 0 Å². The number of benzene rings is 2. The normalized spacial score (nSPS) is 24.6. The molecule has 11 heteroatoms. The third-order valence-electron chi connectivity index (χ3n) is 9.61. The molecule has 0 aliphatic carbocycles. The molecule has 0 unspecified atom stereocenters. The highest BCUT2D eigenvalue weighted by Crippen LogP contribution is 2.34. The Bertz CT molecular complexity index is 1280. The predicted molar refractivity (Wildman–Crippen MR) is 181 cm³/mol. The number of hydrogen-bond donors (Lipinski definition) is 3. The van der Waals surface area contributed by atoms with Gasteiger partial charge in [-0.1, -0.05) is 56.3 Å². The number of amides is 2. The van der Waals surface area contributed by atoms with E-state index in [4.69, 9.17) is 14.2 Å². The third-order valence-corrected chi connectivity index (χ3v) is 9.61. The Morgan fingerprint density at radius 1 is 1.00 bits per heavy atom. The van der Waals surface area contributed by atoms with Crippen LogP contribution in [0.1, 0.15) is 61.9 Å². The summed E-state index contributed by atoms with van der Waals surface area (Å²) in [7, 11) is 1.39. The molecule has 2 heterocycles. The second-order valence-corrected chi connectivity index (χ2v) is 13.5. The highest BCUT2D eigenvalue weighted by Gasteiger charge is 2.36. The smallest absolute Gasteiger partial charge is 0.256 e. The number of rotatable bonds is 9. The first-order chi connectivity index (χ1) is 23.1. The Hall–Kier alpha value is -2.93. The zero-order valence-electron chi connectivity index (χ0n) is 28.7. The number of aliphatic hydroxyl groups excluding tert-OH is 2. The van der Waals surface area contributed by atoms with Crippen molar-refractivity contribution >= 4 is 11.8 Å². The Balaban J connectivity index is 1.61. The molecule has 0 aromatic heterocycles. The summed E-state index contributed by atoms with van der Waals surface area (Å²) in [6.45, 7) is 6.86. The van der Waals surface area contributed by atoms with Crippen molar-refractivity contribution in [3.63, 3.8) is 0 Å². The number of halogens is 1. The molecule has 3 N–H and O–H groups in total. The molecule has 2 aromatic rings. The molecule has 2 fully saturated rings. The molecule has 0 saturated carbocycles. The number of nitrogens with zero attached hydrogens (tertiary/aromatic N) is 2. The molecular weight excluding hydrogens is 617 g/mol. The van der Waals surface area contributed by atoms with Crippen molar-refractivity contribution in [2.45, 2.75) is 75.7 Å². The SMILES string of the molecule is CO[C@@H]1CN(C(=O)c2ccccc2F)C[C@@H](CC(C)C)N(C(=O)CNCC2(c3ccccc3)CCOCC2)CCCCOC[C@@H](O)[C@H]1O. The van der Waals surface area contributed by atoms with Gasteiger partial charge in [0, 0.05) is 64.6 Å². The van der Waals surface area contributed by atoms with Gasteiger partial charge in [-0.25, -0.2) is 4.39 Å². The van der Waals surface area contributed by atoms with Gasteiger partial charge in [-0.3, -0.25) is 9.59 Å². The van der Waals surface area contributed by atoms with Crippen molar-refractivity contribution in [1.29, 1.82) is 0 Å². The van der Waals surface area contributed by atoms with E-state index < -0.39 is 36.1 Å². The molecule has 0 bridgehead atoms. The molecule has 2 saturated heterocycles. The maximum absolute atomic E-state index is 15.0. The topological polar surface area (TPSA) is 121 Å². The van der Waals surface area contributed by atoms with E-state index in [1.807, 2.05) is 23.1 Å². The van der Waals surface area contributed by atoms with Crippen molar-refractivity contribution in [2.75, 3.05) is 66.3 Å². The van der Waals surface area contributed by atoms with Gasteiger partial charge in [0.15, 0.2) is 0 Å². The second-order valence-electron chi connectivity index (χ2n) is 13.5. The Labute approximate surface area is 284 Å². The summed E-state index contributed by atoms with van der Waals surface area (Å²) < 4.78 is 31.9. The van der Waals surface area contributed by atoms with Crippen molar-refractivity contribution in [3.05, 3.63) is 71.5 Å². The molecule has 2 aromatic carbocycles. The van der Waals surface area contributed by atoms with Gasteiger partial charge in [0.1, 0.15) is 24.1 Å². The summed E-state index contributed by atoms with van der Waals surface area (Å²) in [4.78, 5) is 31.4. The van der Waals surface area contributed by atoms with Crippen LogP contribution in [0.25, 0.3) is 0 Å². The van der Waals surface area contributed by atoms with Crippen LogP contribution in [0.2, 0.25) is 0 Å². The highest BCUT2D eigenvalue weighted by atomic mass is 19.1. The van der Waals surface area contributed by atoms with E-state index in [2.05, 4.69) is 31.3 Å². The Kier molecular flexibility index (Phi) is 14.8. The average Bonchev–Trinajstić information content (AvgIpc) is 3.09. The molecule has 4 atom stereocenters. The number of aliphatic hydroxyl groups is 2. The molecule has 48 heavy (non-hydrogen) atoms. The van der Waals surface area contributed by atoms with Crippen molar-refractivity contribution < 1.29 is 38.4 Å². The van der Waals surface area contributed by atoms with Crippen LogP contribution in [0, 0.1) is 11.7 Å². The van der Waals surface area contributed by atoms with Crippen molar-refractivity contribution in [1.82, 2.24) is 15.1 Å². The van der Waals surface area contributed by atoms with Crippen LogP contribution < -0.4 is 5.32 Å². The van der Waals surface area contributed by atoms with E-state index in [0.717, 1.165) is 12.8 Å². The van der Waals surface area contributed by atoms with Crippen LogP contribution in [-0.2, 0) is 24.4 Å². The summed E-state index contributed by atoms with van der Waals surface area (Å²) in [5, 5.41) is 25.1. The van der Waals surface area contributed by atoms with E-state index in [1.54, 1.807) is 6.07 Å². The number of nitrogens with one attached hydrogen (secondary N) is 1.